The lowest BCUT2D eigenvalue weighted by atomic mass is 10.1. The van der Waals surface area contributed by atoms with Crippen LogP contribution in [0.2, 0.25) is 0 Å². The number of aryl methyl sites for hydroxylation is 1. The molecule has 174 valence electrons. The van der Waals surface area contributed by atoms with E-state index in [1.54, 1.807) is 4.90 Å². The molecule has 0 aliphatic carbocycles. The number of nitrogens with zero attached hydrogens (tertiary/aromatic N) is 1. The van der Waals surface area contributed by atoms with E-state index in [1.165, 1.54) is 0 Å². The molecule has 0 aromatic heterocycles. The molecule has 3 aromatic carbocycles. The van der Waals surface area contributed by atoms with Crippen molar-refractivity contribution in [3.8, 4) is 5.75 Å². The fourth-order valence-corrected chi connectivity index (χ4v) is 4.43. The van der Waals surface area contributed by atoms with Gasteiger partial charge in [-0.2, -0.15) is 0 Å². The predicted octanol–water partition coefficient (Wildman–Crippen LogP) is 5.62. The first-order chi connectivity index (χ1) is 15.8. The van der Waals surface area contributed by atoms with E-state index in [2.05, 4.69) is 21.2 Å². The first-order valence-corrected chi connectivity index (χ1v) is 12.1. The van der Waals surface area contributed by atoms with Gasteiger partial charge in [-0.15, -0.1) is 0 Å². The Labute approximate surface area is 204 Å². The molecule has 5 nitrogen and oxygen atoms in total. The zero-order chi connectivity index (χ0) is 24.0. The third kappa shape index (κ3) is 6.14. The molecule has 0 aliphatic rings. The summed E-state index contributed by atoms with van der Waals surface area (Å²) in [4.78, 5) is 28.0. The molecule has 0 fully saturated rings. The molecule has 6 heteroatoms. The summed E-state index contributed by atoms with van der Waals surface area (Å²) in [5.74, 6) is 0.211. The monoisotopic (exact) mass is 510 g/mol. The van der Waals surface area contributed by atoms with Crippen LogP contribution in [0.3, 0.4) is 0 Å². The molecule has 0 bridgehead atoms. The molecule has 2 amide bonds. The minimum absolute atomic E-state index is 0.00762. The summed E-state index contributed by atoms with van der Waals surface area (Å²) < 4.78 is 6.75. The Kier molecular flexibility index (Phi) is 8.50. The van der Waals surface area contributed by atoms with Gasteiger partial charge in [0, 0.05) is 12.6 Å². The Hall–Kier alpha value is -2.86. The summed E-state index contributed by atoms with van der Waals surface area (Å²) in [5.41, 5.74) is 2.08. The van der Waals surface area contributed by atoms with Gasteiger partial charge in [-0.25, -0.2) is 0 Å². The third-order valence-corrected chi connectivity index (χ3v) is 6.42. The normalized spacial score (nSPS) is 11.9. The van der Waals surface area contributed by atoms with Crippen LogP contribution >= 0.6 is 15.9 Å². The Bertz CT molecular complexity index is 1130. The van der Waals surface area contributed by atoms with Gasteiger partial charge in [0.15, 0.2) is 6.61 Å². The summed E-state index contributed by atoms with van der Waals surface area (Å²) in [7, 11) is 0. The van der Waals surface area contributed by atoms with Gasteiger partial charge in [0.1, 0.15) is 11.8 Å². The van der Waals surface area contributed by atoms with Crippen LogP contribution in [0, 0.1) is 6.92 Å². The van der Waals surface area contributed by atoms with Crippen LogP contribution in [-0.2, 0) is 16.1 Å². The summed E-state index contributed by atoms with van der Waals surface area (Å²) in [6.07, 6.45) is 0.510. The van der Waals surface area contributed by atoms with E-state index in [9.17, 15) is 9.59 Å². The number of amides is 2. The number of hydrogen-bond acceptors (Lipinski definition) is 3. The number of nitrogens with one attached hydrogen (secondary N) is 1. The highest BCUT2D eigenvalue weighted by Crippen LogP contribution is 2.33. The maximum absolute atomic E-state index is 13.4. The molecule has 3 aromatic rings. The van der Waals surface area contributed by atoms with E-state index < -0.39 is 6.04 Å². The topological polar surface area (TPSA) is 58.6 Å². The van der Waals surface area contributed by atoms with E-state index in [4.69, 9.17) is 4.74 Å². The molecular weight excluding hydrogens is 480 g/mol. The number of halogens is 1. The van der Waals surface area contributed by atoms with Crippen molar-refractivity contribution in [2.45, 2.75) is 52.7 Å². The lowest BCUT2D eigenvalue weighted by Crippen LogP contribution is -2.51. The van der Waals surface area contributed by atoms with Crippen molar-refractivity contribution >= 4 is 38.5 Å². The number of carbonyl (C=O) groups is 2. The molecule has 0 radical (unpaired) electrons. The number of hydrogen-bond donors (Lipinski definition) is 1. The van der Waals surface area contributed by atoms with Crippen molar-refractivity contribution in [1.29, 1.82) is 0 Å². The highest BCUT2D eigenvalue weighted by molar-refractivity contribution is 9.10. The van der Waals surface area contributed by atoms with Gasteiger partial charge in [-0.05, 0) is 71.1 Å². The Morgan fingerprint density at radius 2 is 1.73 bits per heavy atom. The molecule has 0 aliphatic heterocycles. The number of benzene rings is 3. The largest absolute Gasteiger partial charge is 0.483 e. The SMILES string of the molecule is CC[C@H](C(=O)NC(C)C)N(Cc1ccccc1C)C(=O)COc1ccc2ccccc2c1Br. The summed E-state index contributed by atoms with van der Waals surface area (Å²) in [5, 5.41) is 5.05. The second-order valence-corrected chi connectivity index (χ2v) is 9.22. The zero-order valence-corrected chi connectivity index (χ0v) is 21.2. The number of rotatable bonds is 9. The molecular formula is C27H31BrN2O3. The number of carbonyl (C=O) groups excluding carboxylic acids is 2. The van der Waals surface area contributed by atoms with Gasteiger partial charge in [0.25, 0.3) is 5.91 Å². The standard InChI is InChI=1S/C27H31BrN2O3/c1-5-23(27(32)29-18(2)3)30(16-21-12-7-6-10-19(21)4)25(31)17-33-24-15-14-20-11-8-9-13-22(20)26(24)28/h6-15,18,23H,5,16-17H2,1-4H3,(H,29,32)/t23-/m1/s1. The van der Waals surface area contributed by atoms with Crippen molar-refractivity contribution in [2.75, 3.05) is 6.61 Å². The summed E-state index contributed by atoms with van der Waals surface area (Å²) in [6.45, 7) is 7.95. The van der Waals surface area contributed by atoms with Crippen molar-refractivity contribution in [3.63, 3.8) is 0 Å². The average molecular weight is 511 g/mol. The lowest BCUT2D eigenvalue weighted by molar-refractivity contribution is -0.143. The number of fused-ring (bicyclic) bond motifs is 1. The Balaban J connectivity index is 1.84. The van der Waals surface area contributed by atoms with Crippen LogP contribution in [0.5, 0.6) is 5.75 Å². The van der Waals surface area contributed by atoms with Gasteiger partial charge in [-0.1, -0.05) is 61.5 Å². The molecule has 0 saturated carbocycles. The lowest BCUT2D eigenvalue weighted by Gasteiger charge is -2.31. The van der Waals surface area contributed by atoms with E-state index in [-0.39, 0.29) is 24.5 Å². The van der Waals surface area contributed by atoms with Crippen LogP contribution in [0.4, 0.5) is 0 Å². The molecule has 33 heavy (non-hydrogen) atoms. The highest BCUT2D eigenvalue weighted by atomic mass is 79.9. The molecule has 1 N–H and O–H groups in total. The number of ether oxygens (including phenoxy) is 1. The van der Waals surface area contributed by atoms with Crippen molar-refractivity contribution in [1.82, 2.24) is 10.2 Å². The molecule has 0 unspecified atom stereocenters. The van der Waals surface area contributed by atoms with E-state index >= 15 is 0 Å². The van der Waals surface area contributed by atoms with Crippen molar-refractivity contribution in [2.24, 2.45) is 0 Å². The second kappa shape index (κ2) is 11.3. The molecule has 0 spiro atoms. The van der Waals surface area contributed by atoms with Crippen LogP contribution < -0.4 is 10.1 Å². The highest BCUT2D eigenvalue weighted by Gasteiger charge is 2.29. The van der Waals surface area contributed by atoms with Crippen LogP contribution in [-0.4, -0.2) is 35.4 Å². The van der Waals surface area contributed by atoms with Gasteiger partial charge in [-0.3, -0.25) is 9.59 Å². The average Bonchev–Trinajstić information content (AvgIpc) is 2.79. The van der Waals surface area contributed by atoms with E-state index in [1.807, 2.05) is 88.4 Å². The molecule has 1 atom stereocenters. The van der Waals surface area contributed by atoms with Gasteiger partial charge in [0.2, 0.25) is 5.91 Å². The molecule has 0 saturated heterocycles. The first-order valence-electron chi connectivity index (χ1n) is 11.3. The maximum atomic E-state index is 13.4. The predicted molar refractivity (Wildman–Crippen MR) is 136 cm³/mol. The third-order valence-electron chi connectivity index (χ3n) is 5.60. The minimum Gasteiger partial charge on any atom is -0.483 e. The second-order valence-electron chi connectivity index (χ2n) is 8.42. The zero-order valence-electron chi connectivity index (χ0n) is 19.6. The Morgan fingerprint density at radius 1 is 1.03 bits per heavy atom. The molecule has 0 heterocycles. The maximum Gasteiger partial charge on any atom is 0.261 e. The van der Waals surface area contributed by atoms with Crippen molar-refractivity contribution in [3.05, 3.63) is 76.3 Å². The minimum atomic E-state index is -0.580. The van der Waals surface area contributed by atoms with Crippen molar-refractivity contribution < 1.29 is 14.3 Å². The quantitative estimate of drug-likeness (QED) is 0.406. The smallest absolute Gasteiger partial charge is 0.261 e. The summed E-state index contributed by atoms with van der Waals surface area (Å²) >= 11 is 3.61. The Morgan fingerprint density at radius 3 is 2.42 bits per heavy atom. The van der Waals surface area contributed by atoms with Crippen LogP contribution in [0.1, 0.15) is 38.3 Å². The molecule has 3 rings (SSSR count). The van der Waals surface area contributed by atoms with E-state index in [0.29, 0.717) is 18.7 Å². The fourth-order valence-electron chi connectivity index (χ4n) is 3.82. The van der Waals surface area contributed by atoms with Gasteiger partial charge in [0.05, 0.1) is 4.47 Å². The van der Waals surface area contributed by atoms with Crippen LogP contribution in [0.25, 0.3) is 10.8 Å². The summed E-state index contributed by atoms with van der Waals surface area (Å²) in [6, 6.07) is 19.1. The first kappa shape index (κ1) is 24.8. The van der Waals surface area contributed by atoms with Crippen LogP contribution in [0.15, 0.2) is 65.1 Å². The van der Waals surface area contributed by atoms with Gasteiger partial charge >= 0.3 is 0 Å². The fraction of sp³-hybridized carbons (Fsp3) is 0.333. The van der Waals surface area contributed by atoms with Gasteiger partial charge < -0.3 is 15.0 Å². The van der Waals surface area contributed by atoms with E-state index in [0.717, 1.165) is 26.4 Å².